The molecule has 0 spiro atoms. The fourth-order valence-corrected chi connectivity index (χ4v) is 3.42. The molecular weight excluding hydrogens is 212 g/mol. The second kappa shape index (κ2) is 5.11. The topological polar surface area (TPSA) is 47.6 Å². The third kappa shape index (κ3) is 2.20. The van der Waals surface area contributed by atoms with Crippen molar-refractivity contribution in [2.24, 2.45) is 16.6 Å². The van der Waals surface area contributed by atoms with Gasteiger partial charge in [0.15, 0.2) is 0 Å². The zero-order chi connectivity index (χ0) is 12.3. The van der Waals surface area contributed by atoms with E-state index >= 15 is 0 Å². The van der Waals surface area contributed by atoms with Gasteiger partial charge in [-0.25, -0.2) is 4.99 Å². The minimum atomic E-state index is -0.0364. The Morgan fingerprint density at radius 1 is 1.47 bits per heavy atom. The first-order valence-corrected chi connectivity index (χ1v) is 6.94. The van der Waals surface area contributed by atoms with Crippen molar-refractivity contribution in [1.29, 1.82) is 0 Å². The highest BCUT2D eigenvalue weighted by atomic mass is 16.5. The number of nitrogens with zero attached hydrogens (tertiary/aromatic N) is 1. The fraction of sp³-hybridized carbons (Fsp3) is 0.786. The van der Waals surface area contributed by atoms with Gasteiger partial charge in [-0.3, -0.25) is 0 Å². The number of hydrogen-bond donors (Lipinski definition) is 1. The van der Waals surface area contributed by atoms with Crippen LogP contribution in [0, 0.1) is 5.92 Å². The molecule has 1 saturated carbocycles. The van der Waals surface area contributed by atoms with Gasteiger partial charge in [-0.1, -0.05) is 33.1 Å². The van der Waals surface area contributed by atoms with Crippen molar-refractivity contribution in [2.75, 3.05) is 0 Å². The van der Waals surface area contributed by atoms with E-state index in [-0.39, 0.29) is 5.54 Å². The quantitative estimate of drug-likeness (QED) is 0.813. The summed E-state index contributed by atoms with van der Waals surface area (Å²) in [7, 11) is 0. The van der Waals surface area contributed by atoms with Crippen LogP contribution in [-0.4, -0.2) is 11.6 Å². The van der Waals surface area contributed by atoms with Gasteiger partial charge in [-0.2, -0.15) is 0 Å². The first kappa shape index (κ1) is 12.5. The van der Waals surface area contributed by atoms with Crippen molar-refractivity contribution in [3.63, 3.8) is 0 Å². The van der Waals surface area contributed by atoms with Crippen molar-refractivity contribution in [1.82, 2.24) is 0 Å². The fourth-order valence-electron chi connectivity index (χ4n) is 3.42. The van der Waals surface area contributed by atoms with Crippen LogP contribution < -0.4 is 5.73 Å². The molecule has 0 aromatic heterocycles. The maximum Gasteiger partial charge on any atom is 0.287 e. The lowest BCUT2D eigenvalue weighted by Crippen LogP contribution is -2.44. The van der Waals surface area contributed by atoms with Gasteiger partial charge in [0.2, 0.25) is 0 Å². The molecule has 17 heavy (non-hydrogen) atoms. The summed E-state index contributed by atoms with van der Waals surface area (Å²) in [4.78, 5) is 4.73. The number of hydrogen-bond acceptors (Lipinski definition) is 3. The lowest BCUT2D eigenvalue weighted by atomic mass is 9.67. The maximum atomic E-state index is 5.80. The molecule has 2 aliphatic rings. The third-order valence-electron chi connectivity index (χ3n) is 4.25. The van der Waals surface area contributed by atoms with E-state index < -0.39 is 0 Å². The van der Waals surface area contributed by atoms with E-state index in [1.807, 2.05) is 6.26 Å². The lowest BCUT2D eigenvalue weighted by Gasteiger charge is -2.43. The van der Waals surface area contributed by atoms with Gasteiger partial charge < -0.3 is 10.5 Å². The van der Waals surface area contributed by atoms with Crippen LogP contribution in [-0.2, 0) is 4.74 Å². The number of rotatable bonds is 4. The molecule has 0 radical (unpaired) electrons. The Morgan fingerprint density at radius 3 is 3.00 bits per heavy atom. The Bertz CT molecular complexity index is 335. The van der Waals surface area contributed by atoms with Crippen LogP contribution in [0.2, 0.25) is 0 Å². The average Bonchev–Trinajstić information content (AvgIpc) is 2.35. The Balaban J connectivity index is 2.33. The number of aliphatic imine (C=N–C) groups is 1. The zero-order valence-electron chi connectivity index (χ0n) is 11.0. The standard InChI is InChI=1S/C14H24N2O/c1-3-7-11(4-2)14-9-6-5-8-12(14)10-17-13(15)16-14/h10-11H,3-9H2,1-2H3,(H2,15,16). The second-order valence-electron chi connectivity index (χ2n) is 5.24. The molecule has 1 heterocycles. The highest BCUT2D eigenvalue weighted by Gasteiger charge is 2.44. The molecule has 96 valence electrons. The minimum Gasteiger partial charge on any atom is -0.434 e. The predicted molar refractivity (Wildman–Crippen MR) is 70.7 cm³/mol. The van der Waals surface area contributed by atoms with Crippen molar-refractivity contribution < 1.29 is 4.74 Å². The zero-order valence-corrected chi connectivity index (χ0v) is 11.0. The SMILES string of the molecule is CCCC(CC)C12CCCCC1=COC(N)=N2. The normalized spacial score (nSPS) is 29.8. The lowest BCUT2D eigenvalue weighted by molar-refractivity contribution is 0.217. The summed E-state index contributed by atoms with van der Waals surface area (Å²) < 4.78 is 5.31. The molecule has 0 amide bonds. The van der Waals surface area contributed by atoms with Crippen LogP contribution >= 0.6 is 0 Å². The van der Waals surface area contributed by atoms with Crippen LogP contribution in [0.1, 0.15) is 58.8 Å². The summed E-state index contributed by atoms with van der Waals surface area (Å²) in [5.41, 5.74) is 7.14. The van der Waals surface area contributed by atoms with Crippen molar-refractivity contribution in [2.45, 2.75) is 64.3 Å². The summed E-state index contributed by atoms with van der Waals surface area (Å²) in [5.74, 6) is 0.612. The molecule has 2 atom stereocenters. The second-order valence-corrected chi connectivity index (χ2v) is 5.24. The summed E-state index contributed by atoms with van der Waals surface area (Å²) in [5, 5.41) is 0. The third-order valence-corrected chi connectivity index (χ3v) is 4.25. The molecule has 0 aromatic rings. The van der Waals surface area contributed by atoms with E-state index in [0.717, 1.165) is 12.8 Å². The smallest absolute Gasteiger partial charge is 0.287 e. The van der Waals surface area contributed by atoms with E-state index in [4.69, 9.17) is 15.5 Å². The molecule has 2 N–H and O–H groups in total. The number of nitrogens with two attached hydrogens (primary N) is 1. The van der Waals surface area contributed by atoms with E-state index in [0.29, 0.717) is 11.9 Å². The van der Waals surface area contributed by atoms with Crippen LogP contribution in [0.3, 0.4) is 0 Å². The van der Waals surface area contributed by atoms with Gasteiger partial charge in [0.05, 0.1) is 11.8 Å². The summed E-state index contributed by atoms with van der Waals surface area (Å²) in [6.45, 7) is 4.51. The van der Waals surface area contributed by atoms with Crippen LogP contribution in [0.15, 0.2) is 16.8 Å². The first-order valence-electron chi connectivity index (χ1n) is 6.94. The van der Waals surface area contributed by atoms with Crippen molar-refractivity contribution in [3.05, 3.63) is 11.8 Å². The van der Waals surface area contributed by atoms with E-state index in [2.05, 4.69) is 13.8 Å². The highest BCUT2D eigenvalue weighted by molar-refractivity contribution is 5.74. The summed E-state index contributed by atoms with van der Waals surface area (Å²) in [6, 6.07) is 0.352. The minimum absolute atomic E-state index is 0.0364. The number of ether oxygens (including phenoxy) is 1. The number of fused-ring (bicyclic) bond motifs is 1. The summed E-state index contributed by atoms with van der Waals surface area (Å²) in [6.07, 6.45) is 10.3. The average molecular weight is 236 g/mol. The Morgan fingerprint density at radius 2 is 2.29 bits per heavy atom. The molecule has 1 aliphatic heterocycles. The predicted octanol–water partition coefficient (Wildman–Crippen LogP) is 3.35. The monoisotopic (exact) mass is 236 g/mol. The van der Waals surface area contributed by atoms with Crippen LogP contribution in [0.25, 0.3) is 0 Å². The molecular formula is C14H24N2O. The van der Waals surface area contributed by atoms with Gasteiger partial charge >= 0.3 is 0 Å². The molecule has 0 saturated heterocycles. The van der Waals surface area contributed by atoms with Gasteiger partial charge in [0, 0.05) is 0 Å². The van der Waals surface area contributed by atoms with Gasteiger partial charge in [0.25, 0.3) is 6.02 Å². The Labute approximate surface area is 104 Å². The number of amidine groups is 1. The molecule has 3 nitrogen and oxygen atoms in total. The molecule has 3 heteroatoms. The Kier molecular flexibility index (Phi) is 3.75. The maximum absolute atomic E-state index is 5.80. The molecule has 0 bridgehead atoms. The van der Waals surface area contributed by atoms with Gasteiger partial charge in [0.1, 0.15) is 0 Å². The van der Waals surface area contributed by atoms with E-state index in [1.165, 1.54) is 37.7 Å². The van der Waals surface area contributed by atoms with Crippen LogP contribution in [0.4, 0.5) is 0 Å². The van der Waals surface area contributed by atoms with Gasteiger partial charge in [-0.15, -0.1) is 0 Å². The summed E-state index contributed by atoms with van der Waals surface area (Å²) >= 11 is 0. The van der Waals surface area contributed by atoms with E-state index in [1.54, 1.807) is 0 Å². The van der Waals surface area contributed by atoms with Crippen molar-refractivity contribution >= 4 is 6.02 Å². The molecule has 1 fully saturated rings. The molecule has 2 rings (SSSR count). The van der Waals surface area contributed by atoms with Crippen LogP contribution in [0.5, 0.6) is 0 Å². The molecule has 0 aromatic carbocycles. The Hall–Kier alpha value is -0.990. The first-order chi connectivity index (χ1) is 8.23. The highest BCUT2D eigenvalue weighted by Crippen LogP contribution is 2.46. The molecule has 1 aliphatic carbocycles. The largest absolute Gasteiger partial charge is 0.434 e. The van der Waals surface area contributed by atoms with Gasteiger partial charge in [-0.05, 0) is 37.2 Å². The molecule has 2 unspecified atom stereocenters. The van der Waals surface area contributed by atoms with E-state index in [9.17, 15) is 0 Å². The van der Waals surface area contributed by atoms with Crippen molar-refractivity contribution in [3.8, 4) is 0 Å².